The molecule has 3 unspecified atom stereocenters. The molecule has 9 N–H and O–H groups in total. The van der Waals surface area contributed by atoms with Gasteiger partial charge in [-0.25, -0.2) is 5.21 Å². The third kappa shape index (κ3) is 7.51. The number of rotatable bonds is 12. The third-order valence-corrected chi connectivity index (χ3v) is 6.37. The van der Waals surface area contributed by atoms with Gasteiger partial charge in [-0.15, -0.1) is 11.8 Å². The Kier molecular flexibility index (Phi) is 9.97. The number of hydrogen-bond donors (Lipinski definition) is 8. The highest BCUT2D eigenvalue weighted by molar-refractivity contribution is 7.99. The van der Waals surface area contributed by atoms with Gasteiger partial charge in [0.05, 0.1) is 11.4 Å². The molecular formula is C20H26N4O9S. The van der Waals surface area contributed by atoms with Crippen LogP contribution in [0.4, 0.5) is 5.69 Å². The molecule has 13 nitrogen and oxygen atoms in total. The molecule has 1 aromatic rings. The van der Waals surface area contributed by atoms with Crippen LogP contribution in [0.2, 0.25) is 0 Å². The largest absolute Gasteiger partial charge is 0.595 e. The molecular weight excluding hydrogens is 472 g/mol. The van der Waals surface area contributed by atoms with Gasteiger partial charge in [0.1, 0.15) is 18.6 Å². The van der Waals surface area contributed by atoms with Gasteiger partial charge in [0.15, 0.2) is 5.69 Å². The number of aliphatic hydroxyl groups excluding tert-OH is 1. The number of carbonyl (C=O) groups excluding carboxylic acids is 2. The summed E-state index contributed by atoms with van der Waals surface area (Å²) in [4.78, 5) is 46.4. The molecule has 0 heterocycles. The molecule has 0 aromatic heterocycles. The number of carboxylic acid groups (broad SMARTS) is 2. The van der Waals surface area contributed by atoms with Crippen molar-refractivity contribution in [2.24, 2.45) is 5.73 Å². The van der Waals surface area contributed by atoms with Crippen molar-refractivity contribution in [1.82, 2.24) is 10.6 Å². The molecule has 0 fully saturated rings. The molecule has 5 atom stereocenters. The second-order valence-corrected chi connectivity index (χ2v) is 8.61. The molecule has 0 spiro atoms. The lowest BCUT2D eigenvalue weighted by Crippen LogP contribution is -2.99. The number of quaternary nitrogens is 1. The van der Waals surface area contributed by atoms with E-state index in [9.17, 15) is 34.7 Å². The fourth-order valence-electron chi connectivity index (χ4n) is 3.22. The molecule has 1 aromatic carbocycles. The van der Waals surface area contributed by atoms with E-state index in [-0.39, 0.29) is 24.3 Å². The summed E-state index contributed by atoms with van der Waals surface area (Å²) in [6.45, 7) is -0.681. The van der Waals surface area contributed by atoms with Crippen molar-refractivity contribution in [3.63, 3.8) is 0 Å². The number of hydrogen-bond acceptors (Lipinski definition) is 9. The molecule has 2 amide bonds. The summed E-state index contributed by atoms with van der Waals surface area (Å²) in [6, 6.07) is 2.14. The molecule has 186 valence electrons. The molecule has 0 saturated heterocycles. The number of carboxylic acids is 2. The number of nitrogens with two attached hydrogens (primary N) is 1. The molecule has 0 radical (unpaired) electrons. The normalized spacial score (nSPS) is 19.4. The smallest absolute Gasteiger partial charge is 0.322 e. The Bertz CT molecular complexity index is 956. The fourth-order valence-corrected chi connectivity index (χ4v) is 4.52. The highest BCUT2D eigenvalue weighted by atomic mass is 32.2. The lowest BCUT2D eigenvalue weighted by molar-refractivity contribution is -0.991. The van der Waals surface area contributed by atoms with Crippen molar-refractivity contribution in [3.05, 3.63) is 40.6 Å². The van der Waals surface area contributed by atoms with Gasteiger partial charge in [-0.1, -0.05) is 18.2 Å². The molecule has 0 saturated carbocycles. The van der Waals surface area contributed by atoms with Crippen LogP contribution in [0.5, 0.6) is 0 Å². The Balaban J connectivity index is 2.15. The monoisotopic (exact) mass is 498 g/mol. The summed E-state index contributed by atoms with van der Waals surface area (Å²) in [5.74, 6) is -4.11. The second-order valence-electron chi connectivity index (χ2n) is 7.43. The highest BCUT2D eigenvalue weighted by Crippen LogP contribution is 2.40. The van der Waals surface area contributed by atoms with Crippen LogP contribution in [-0.4, -0.2) is 74.8 Å². The zero-order chi connectivity index (χ0) is 25.4. The summed E-state index contributed by atoms with van der Waals surface area (Å²) in [7, 11) is 0. The second kappa shape index (κ2) is 12.5. The Morgan fingerprint density at radius 3 is 2.56 bits per heavy atom. The predicted molar refractivity (Wildman–Crippen MR) is 120 cm³/mol. The Labute approximate surface area is 198 Å². The summed E-state index contributed by atoms with van der Waals surface area (Å²) >= 11 is 1.07. The SMILES string of the molecule is N[C@@H](CCC(=O)N[C@@H](CSC1c2cccc([NH+]([O-])O)c2C=CC1O)C(=O)NCC(=O)O)C(=O)O. The minimum atomic E-state index is -1.29. The quantitative estimate of drug-likeness (QED) is 0.149. The summed E-state index contributed by atoms with van der Waals surface area (Å²) in [6.07, 6.45) is 1.48. The maximum Gasteiger partial charge on any atom is 0.322 e. The average Bonchev–Trinajstić information content (AvgIpc) is 2.78. The van der Waals surface area contributed by atoms with E-state index in [0.29, 0.717) is 11.1 Å². The zero-order valence-electron chi connectivity index (χ0n) is 17.8. The lowest BCUT2D eigenvalue weighted by atomic mass is 9.94. The number of aliphatic carboxylic acids is 2. The maximum absolute atomic E-state index is 12.5. The first kappa shape index (κ1) is 27.2. The molecule has 1 aliphatic rings. The van der Waals surface area contributed by atoms with Crippen molar-refractivity contribution in [3.8, 4) is 0 Å². The maximum atomic E-state index is 12.5. The highest BCUT2D eigenvalue weighted by Gasteiger charge is 2.31. The van der Waals surface area contributed by atoms with E-state index < -0.39 is 59.0 Å². The number of benzene rings is 1. The molecule has 34 heavy (non-hydrogen) atoms. The van der Waals surface area contributed by atoms with Gasteiger partial charge in [-0.3, -0.25) is 19.2 Å². The lowest BCUT2D eigenvalue weighted by Gasteiger charge is -2.29. The zero-order valence-corrected chi connectivity index (χ0v) is 18.7. The van der Waals surface area contributed by atoms with E-state index in [1.807, 2.05) is 0 Å². The van der Waals surface area contributed by atoms with Crippen LogP contribution in [-0.2, 0) is 19.2 Å². The molecule has 2 rings (SSSR count). The van der Waals surface area contributed by atoms with Crippen molar-refractivity contribution in [2.45, 2.75) is 36.3 Å². The summed E-state index contributed by atoms with van der Waals surface area (Å²) in [5.41, 5.74) is 6.37. The summed E-state index contributed by atoms with van der Waals surface area (Å²) < 4.78 is 0. The minimum absolute atomic E-state index is 0.0464. The van der Waals surface area contributed by atoms with Crippen molar-refractivity contribution < 1.29 is 44.9 Å². The van der Waals surface area contributed by atoms with E-state index in [4.69, 9.17) is 15.9 Å². The van der Waals surface area contributed by atoms with E-state index in [1.165, 1.54) is 24.3 Å². The van der Waals surface area contributed by atoms with Gasteiger partial charge in [0.2, 0.25) is 11.8 Å². The first-order valence-electron chi connectivity index (χ1n) is 10.1. The Morgan fingerprint density at radius 2 is 1.94 bits per heavy atom. The van der Waals surface area contributed by atoms with E-state index in [0.717, 1.165) is 11.8 Å². The van der Waals surface area contributed by atoms with Crippen molar-refractivity contribution in [1.29, 1.82) is 0 Å². The average molecular weight is 499 g/mol. The topological polar surface area (TPSA) is 227 Å². The first-order chi connectivity index (χ1) is 16.0. The first-order valence-corrected chi connectivity index (χ1v) is 11.2. The van der Waals surface area contributed by atoms with E-state index in [2.05, 4.69) is 10.6 Å². The third-order valence-electron chi connectivity index (χ3n) is 4.95. The van der Waals surface area contributed by atoms with Crippen LogP contribution in [0.3, 0.4) is 0 Å². The Morgan fingerprint density at radius 1 is 1.24 bits per heavy atom. The minimum Gasteiger partial charge on any atom is -0.595 e. The van der Waals surface area contributed by atoms with Gasteiger partial charge in [-0.2, -0.15) is 5.23 Å². The van der Waals surface area contributed by atoms with Crippen LogP contribution >= 0.6 is 11.8 Å². The molecule has 1 aliphatic carbocycles. The number of amides is 2. The van der Waals surface area contributed by atoms with Gasteiger partial charge < -0.3 is 36.9 Å². The number of nitrogens with one attached hydrogen (secondary N) is 3. The number of thioether (sulfide) groups is 1. The summed E-state index contributed by atoms with van der Waals surface area (Å²) in [5, 5.41) is 51.8. The number of carbonyl (C=O) groups is 4. The standard InChI is InChI=1S/C20H26N4O9S/c21-12(20(30)31)5-7-16(26)23-13(19(29)22-8-17(27)28)9-34-18-11-2-1-3-14(24(32)33)10(11)4-6-15(18)25/h1-4,6,12-13,15,18,24-25,32H,5,7-9,21H2,(H,22,29)(H,23,26)(H,27,28)(H,30,31)/t12-,13-,15?,18?/m0/s1. The van der Waals surface area contributed by atoms with Crippen LogP contribution in [0, 0.1) is 5.21 Å². The van der Waals surface area contributed by atoms with Crippen LogP contribution < -0.4 is 21.6 Å². The van der Waals surface area contributed by atoms with Crippen LogP contribution in [0.15, 0.2) is 24.3 Å². The fraction of sp³-hybridized carbons (Fsp3) is 0.400. The van der Waals surface area contributed by atoms with E-state index >= 15 is 0 Å². The predicted octanol–water partition coefficient (Wildman–Crippen LogP) is -1.87. The van der Waals surface area contributed by atoms with Gasteiger partial charge in [0, 0.05) is 23.8 Å². The molecule has 0 aliphatic heterocycles. The van der Waals surface area contributed by atoms with Crippen LogP contribution in [0.1, 0.15) is 29.2 Å². The van der Waals surface area contributed by atoms with E-state index in [1.54, 1.807) is 6.07 Å². The molecule has 0 bridgehead atoms. The van der Waals surface area contributed by atoms with Crippen molar-refractivity contribution >= 4 is 47.3 Å². The Hall–Kier alpha value is -3.01. The van der Waals surface area contributed by atoms with Gasteiger partial charge in [0.25, 0.3) is 0 Å². The molecule has 14 heteroatoms. The number of fused-ring (bicyclic) bond motifs is 1. The van der Waals surface area contributed by atoms with Gasteiger partial charge in [-0.05, 0) is 18.1 Å². The number of aliphatic hydroxyl groups is 1. The van der Waals surface area contributed by atoms with Crippen molar-refractivity contribution in [2.75, 3.05) is 12.3 Å². The van der Waals surface area contributed by atoms with Gasteiger partial charge >= 0.3 is 11.9 Å². The van der Waals surface area contributed by atoms with Crippen LogP contribution in [0.25, 0.3) is 6.08 Å².